The summed E-state index contributed by atoms with van der Waals surface area (Å²) < 4.78 is 10.7. The lowest BCUT2D eigenvalue weighted by atomic mass is 10.1. The summed E-state index contributed by atoms with van der Waals surface area (Å²) in [4.78, 5) is 4.57. The molecule has 0 spiro atoms. The molecule has 0 aliphatic rings. The maximum absolute atomic E-state index is 6.03. The highest BCUT2D eigenvalue weighted by Gasteiger charge is 2.25. The number of hydrogen-bond acceptors (Lipinski definition) is 5. The van der Waals surface area contributed by atoms with E-state index in [2.05, 4.69) is 4.98 Å². The zero-order valence-electron chi connectivity index (χ0n) is 11.0. The van der Waals surface area contributed by atoms with Gasteiger partial charge in [0.2, 0.25) is 0 Å². The Kier molecular flexibility index (Phi) is 5.52. The van der Waals surface area contributed by atoms with Crippen molar-refractivity contribution in [2.24, 2.45) is 5.73 Å². The molecule has 0 bridgehead atoms. The highest BCUT2D eigenvalue weighted by molar-refractivity contribution is 7.09. The van der Waals surface area contributed by atoms with Crippen LogP contribution in [-0.4, -0.2) is 25.3 Å². The van der Waals surface area contributed by atoms with Crippen LogP contribution in [-0.2, 0) is 15.1 Å². The van der Waals surface area contributed by atoms with Gasteiger partial charge in [0.05, 0.1) is 11.7 Å². The van der Waals surface area contributed by atoms with E-state index in [1.165, 1.54) is 0 Å². The van der Waals surface area contributed by atoms with Crippen LogP contribution in [0.3, 0.4) is 0 Å². The monoisotopic (exact) mass is 258 g/mol. The van der Waals surface area contributed by atoms with E-state index in [0.29, 0.717) is 13.2 Å². The van der Waals surface area contributed by atoms with E-state index in [4.69, 9.17) is 15.2 Å². The van der Waals surface area contributed by atoms with Crippen molar-refractivity contribution in [1.29, 1.82) is 0 Å². The lowest BCUT2D eigenvalue weighted by Gasteiger charge is -2.21. The van der Waals surface area contributed by atoms with Gasteiger partial charge in [-0.1, -0.05) is 0 Å². The van der Waals surface area contributed by atoms with E-state index in [1.54, 1.807) is 18.4 Å². The Bertz CT molecular complexity index is 339. The number of ether oxygens (including phenoxy) is 2. The van der Waals surface area contributed by atoms with E-state index in [0.717, 1.165) is 17.1 Å². The van der Waals surface area contributed by atoms with Crippen LogP contribution in [0.2, 0.25) is 0 Å². The van der Waals surface area contributed by atoms with E-state index in [1.807, 2.05) is 26.2 Å². The first kappa shape index (κ1) is 14.6. The van der Waals surface area contributed by atoms with Crippen LogP contribution in [0.4, 0.5) is 0 Å². The van der Waals surface area contributed by atoms with Crippen LogP contribution < -0.4 is 5.73 Å². The minimum absolute atomic E-state index is 0.0580. The molecule has 98 valence electrons. The van der Waals surface area contributed by atoms with Gasteiger partial charge in [0, 0.05) is 25.7 Å². The molecule has 0 aliphatic carbocycles. The first-order valence-electron chi connectivity index (χ1n) is 5.85. The second kappa shape index (κ2) is 6.44. The summed E-state index contributed by atoms with van der Waals surface area (Å²) in [7, 11) is 1.68. The molecule has 5 heteroatoms. The quantitative estimate of drug-likeness (QED) is 0.816. The van der Waals surface area contributed by atoms with Crippen molar-refractivity contribution >= 4 is 11.3 Å². The van der Waals surface area contributed by atoms with Crippen LogP contribution in [0.5, 0.6) is 0 Å². The molecule has 0 fully saturated rings. The van der Waals surface area contributed by atoms with Crippen molar-refractivity contribution < 1.29 is 9.47 Å². The average molecular weight is 258 g/mol. The Balaban J connectivity index is 2.70. The van der Waals surface area contributed by atoms with Crippen molar-refractivity contribution in [2.75, 3.05) is 20.3 Å². The van der Waals surface area contributed by atoms with E-state index in [-0.39, 0.29) is 11.6 Å². The normalized spacial score (nSPS) is 13.9. The zero-order chi connectivity index (χ0) is 12.9. The van der Waals surface area contributed by atoms with Crippen molar-refractivity contribution in [3.05, 3.63) is 16.1 Å². The Morgan fingerprint density at radius 2 is 2.24 bits per heavy atom. The molecule has 1 rings (SSSR count). The molecule has 0 saturated heterocycles. The van der Waals surface area contributed by atoms with Gasteiger partial charge >= 0.3 is 0 Å². The van der Waals surface area contributed by atoms with Crippen LogP contribution >= 0.6 is 11.3 Å². The van der Waals surface area contributed by atoms with Gasteiger partial charge in [0.1, 0.15) is 10.6 Å². The van der Waals surface area contributed by atoms with Gasteiger partial charge in [-0.2, -0.15) is 0 Å². The summed E-state index contributed by atoms with van der Waals surface area (Å²) >= 11 is 1.60. The maximum Gasteiger partial charge on any atom is 0.124 e. The third kappa shape index (κ3) is 4.03. The third-order valence-corrected chi connectivity index (χ3v) is 3.72. The molecular weight excluding hydrogens is 236 g/mol. The fraction of sp³-hybridized carbons (Fsp3) is 0.750. The summed E-state index contributed by atoms with van der Waals surface area (Å²) in [5.74, 6) is 0. The molecule has 4 nitrogen and oxygen atoms in total. The fourth-order valence-corrected chi connectivity index (χ4v) is 2.51. The van der Waals surface area contributed by atoms with Crippen LogP contribution in [0.1, 0.15) is 43.9 Å². The molecule has 1 aromatic heterocycles. The Labute approximate surface area is 107 Å². The number of nitrogens with two attached hydrogens (primary N) is 1. The predicted octanol–water partition coefficient (Wildman–Crippen LogP) is 2.45. The number of thiazole rings is 1. The van der Waals surface area contributed by atoms with Gasteiger partial charge in [0.25, 0.3) is 0 Å². The molecule has 0 aliphatic heterocycles. The zero-order valence-corrected chi connectivity index (χ0v) is 11.8. The number of methoxy groups -OCH3 is 1. The Hall–Kier alpha value is -0.490. The van der Waals surface area contributed by atoms with Crippen molar-refractivity contribution in [3.63, 3.8) is 0 Å². The van der Waals surface area contributed by atoms with Gasteiger partial charge in [-0.15, -0.1) is 11.3 Å². The second-order valence-electron chi connectivity index (χ2n) is 4.41. The molecule has 0 radical (unpaired) electrons. The molecule has 17 heavy (non-hydrogen) atoms. The minimum atomic E-state index is -0.335. The van der Waals surface area contributed by atoms with E-state index in [9.17, 15) is 0 Å². The Morgan fingerprint density at radius 3 is 2.82 bits per heavy atom. The summed E-state index contributed by atoms with van der Waals surface area (Å²) in [6.07, 6.45) is 0.786. The summed E-state index contributed by atoms with van der Waals surface area (Å²) in [6.45, 7) is 7.38. The first-order chi connectivity index (χ1) is 8.01. The molecule has 0 aromatic carbocycles. The topological polar surface area (TPSA) is 57.4 Å². The number of hydrogen-bond donors (Lipinski definition) is 1. The SMILES string of the molecule is CCOC(C)(C)c1nc(C(N)CCOC)cs1. The second-order valence-corrected chi connectivity index (χ2v) is 5.27. The van der Waals surface area contributed by atoms with Gasteiger partial charge in [-0.05, 0) is 27.2 Å². The molecular formula is C12H22N2O2S. The van der Waals surface area contributed by atoms with Crippen molar-refractivity contribution in [3.8, 4) is 0 Å². The average Bonchev–Trinajstić information content (AvgIpc) is 2.75. The summed E-state index contributed by atoms with van der Waals surface area (Å²) in [6, 6.07) is -0.0580. The molecule has 1 aromatic rings. The summed E-state index contributed by atoms with van der Waals surface area (Å²) in [5.41, 5.74) is 6.63. The van der Waals surface area contributed by atoms with Crippen molar-refractivity contribution in [2.45, 2.75) is 38.8 Å². The maximum atomic E-state index is 6.03. The molecule has 1 heterocycles. The number of aromatic nitrogens is 1. The van der Waals surface area contributed by atoms with Crippen LogP contribution in [0, 0.1) is 0 Å². The van der Waals surface area contributed by atoms with Gasteiger partial charge in [-0.3, -0.25) is 0 Å². The lowest BCUT2D eigenvalue weighted by Crippen LogP contribution is -2.22. The Morgan fingerprint density at radius 1 is 1.53 bits per heavy atom. The standard InChI is InChI=1S/C12H22N2O2S/c1-5-16-12(2,3)11-14-10(8-17-11)9(13)6-7-15-4/h8-9H,5-7,13H2,1-4H3. The highest BCUT2D eigenvalue weighted by atomic mass is 32.1. The molecule has 0 saturated carbocycles. The van der Waals surface area contributed by atoms with Crippen molar-refractivity contribution in [1.82, 2.24) is 4.98 Å². The van der Waals surface area contributed by atoms with Gasteiger partial charge in [0.15, 0.2) is 0 Å². The van der Waals surface area contributed by atoms with Gasteiger partial charge < -0.3 is 15.2 Å². The first-order valence-corrected chi connectivity index (χ1v) is 6.73. The minimum Gasteiger partial charge on any atom is -0.385 e. The third-order valence-electron chi connectivity index (χ3n) is 2.56. The summed E-state index contributed by atoms with van der Waals surface area (Å²) in [5, 5.41) is 2.98. The highest BCUT2D eigenvalue weighted by Crippen LogP contribution is 2.29. The van der Waals surface area contributed by atoms with Crippen LogP contribution in [0.15, 0.2) is 5.38 Å². The molecule has 2 N–H and O–H groups in total. The molecule has 1 atom stereocenters. The lowest BCUT2D eigenvalue weighted by molar-refractivity contribution is -0.0142. The van der Waals surface area contributed by atoms with E-state index < -0.39 is 0 Å². The van der Waals surface area contributed by atoms with E-state index >= 15 is 0 Å². The number of rotatable bonds is 7. The fourth-order valence-electron chi connectivity index (χ4n) is 1.55. The molecule has 1 unspecified atom stereocenters. The largest absolute Gasteiger partial charge is 0.385 e. The molecule has 0 amide bonds. The van der Waals surface area contributed by atoms with Crippen LogP contribution in [0.25, 0.3) is 0 Å². The number of nitrogens with zero attached hydrogens (tertiary/aromatic N) is 1. The van der Waals surface area contributed by atoms with Gasteiger partial charge in [-0.25, -0.2) is 4.98 Å². The smallest absolute Gasteiger partial charge is 0.124 e. The predicted molar refractivity (Wildman–Crippen MR) is 70.2 cm³/mol.